The molecule has 1 aliphatic rings. The highest BCUT2D eigenvalue weighted by Gasteiger charge is 2.21. The van der Waals surface area contributed by atoms with E-state index in [0.29, 0.717) is 0 Å². The van der Waals surface area contributed by atoms with Gasteiger partial charge in [-0.1, -0.05) is 6.92 Å². The summed E-state index contributed by atoms with van der Waals surface area (Å²) in [6.07, 6.45) is 2.55. The minimum absolute atomic E-state index is 0.0708. The molecule has 0 aromatic carbocycles. The van der Waals surface area contributed by atoms with Crippen molar-refractivity contribution in [2.24, 2.45) is 0 Å². The van der Waals surface area contributed by atoms with Crippen LogP contribution < -0.4 is 10.9 Å². The third-order valence-corrected chi connectivity index (χ3v) is 2.99. The Bertz CT molecular complexity index is 384. The molecule has 88 valence electrons. The lowest BCUT2D eigenvalue weighted by Gasteiger charge is -2.33. The van der Waals surface area contributed by atoms with E-state index in [1.54, 1.807) is 6.20 Å². The lowest BCUT2D eigenvalue weighted by molar-refractivity contribution is 0.162. The number of nitrogens with one attached hydrogen (secondary N) is 2. The van der Waals surface area contributed by atoms with Gasteiger partial charge in [-0.05, 0) is 6.42 Å². The van der Waals surface area contributed by atoms with E-state index in [0.717, 1.165) is 38.4 Å². The van der Waals surface area contributed by atoms with E-state index in [9.17, 15) is 4.79 Å². The molecule has 0 bridgehead atoms. The molecule has 2 rings (SSSR count). The van der Waals surface area contributed by atoms with E-state index < -0.39 is 0 Å². The molecule has 1 aromatic heterocycles. The van der Waals surface area contributed by atoms with Gasteiger partial charge >= 0.3 is 0 Å². The fourth-order valence-electron chi connectivity index (χ4n) is 2.17. The second-order valence-corrected chi connectivity index (χ2v) is 4.03. The number of hydrogen-bond donors (Lipinski definition) is 2. The average molecular weight is 222 g/mol. The van der Waals surface area contributed by atoms with Crippen molar-refractivity contribution in [3.63, 3.8) is 0 Å². The summed E-state index contributed by atoms with van der Waals surface area (Å²) in [5, 5.41) is 3.32. The first-order valence-electron chi connectivity index (χ1n) is 5.81. The van der Waals surface area contributed by atoms with Gasteiger partial charge in [0.2, 0.25) is 0 Å². The molecule has 1 aromatic rings. The van der Waals surface area contributed by atoms with Crippen LogP contribution in [0.4, 0.5) is 0 Å². The van der Waals surface area contributed by atoms with Gasteiger partial charge in [-0.15, -0.1) is 0 Å². The van der Waals surface area contributed by atoms with Crippen molar-refractivity contribution in [2.45, 2.75) is 19.4 Å². The fourth-order valence-corrected chi connectivity index (χ4v) is 2.17. The van der Waals surface area contributed by atoms with Crippen LogP contribution in [0.2, 0.25) is 0 Å². The second kappa shape index (κ2) is 5.23. The molecule has 1 aliphatic heterocycles. The quantitative estimate of drug-likeness (QED) is 0.763. The number of H-pyrrole nitrogens is 1. The minimum atomic E-state index is -0.0708. The predicted molar refractivity (Wildman–Crippen MR) is 62.3 cm³/mol. The van der Waals surface area contributed by atoms with Crippen LogP contribution in [-0.2, 0) is 0 Å². The molecule has 1 saturated heterocycles. The van der Waals surface area contributed by atoms with E-state index in [1.165, 1.54) is 6.07 Å². The van der Waals surface area contributed by atoms with Crippen LogP contribution >= 0.6 is 0 Å². The number of aromatic amines is 1. The topological polar surface area (TPSA) is 61.0 Å². The summed E-state index contributed by atoms with van der Waals surface area (Å²) in [5.41, 5.74) is -0.0708. The summed E-state index contributed by atoms with van der Waals surface area (Å²) in [7, 11) is 0. The van der Waals surface area contributed by atoms with Crippen molar-refractivity contribution >= 4 is 0 Å². The highest BCUT2D eigenvalue weighted by Crippen LogP contribution is 2.19. The molecule has 2 N–H and O–H groups in total. The number of rotatable bonds is 3. The first kappa shape index (κ1) is 11.3. The smallest absolute Gasteiger partial charge is 0.250 e. The molecule has 1 unspecified atom stereocenters. The molecule has 0 spiro atoms. The van der Waals surface area contributed by atoms with Crippen molar-refractivity contribution in [3.05, 3.63) is 28.4 Å². The zero-order valence-electron chi connectivity index (χ0n) is 9.57. The van der Waals surface area contributed by atoms with Gasteiger partial charge in [0.05, 0.1) is 6.04 Å². The summed E-state index contributed by atoms with van der Waals surface area (Å²) >= 11 is 0. The van der Waals surface area contributed by atoms with Gasteiger partial charge < -0.3 is 10.3 Å². The van der Waals surface area contributed by atoms with Gasteiger partial charge in [0, 0.05) is 38.4 Å². The molecule has 2 heterocycles. The van der Waals surface area contributed by atoms with Crippen molar-refractivity contribution in [3.8, 4) is 0 Å². The molecule has 0 saturated carbocycles. The van der Waals surface area contributed by atoms with Crippen LogP contribution in [0.15, 0.2) is 17.1 Å². The van der Waals surface area contributed by atoms with Crippen LogP contribution in [0.3, 0.4) is 0 Å². The van der Waals surface area contributed by atoms with Gasteiger partial charge in [-0.3, -0.25) is 9.69 Å². The highest BCUT2D eigenvalue weighted by atomic mass is 16.1. The maximum Gasteiger partial charge on any atom is 0.250 e. The van der Waals surface area contributed by atoms with E-state index in [4.69, 9.17) is 0 Å². The zero-order valence-corrected chi connectivity index (χ0v) is 9.57. The standard InChI is InChI=1S/C11H18N4O/c1-2-9(15-7-5-12-6-8-15)11-13-4-3-10(16)14-11/h3-4,9,12H,2,5-8H2,1H3,(H,13,14,16). The van der Waals surface area contributed by atoms with Crippen LogP contribution in [0.1, 0.15) is 25.2 Å². The van der Waals surface area contributed by atoms with Gasteiger partial charge in [-0.2, -0.15) is 0 Å². The second-order valence-electron chi connectivity index (χ2n) is 4.03. The summed E-state index contributed by atoms with van der Waals surface area (Å²) in [6, 6.07) is 1.68. The maximum atomic E-state index is 11.3. The number of piperazine rings is 1. The summed E-state index contributed by atoms with van der Waals surface area (Å²) in [4.78, 5) is 20.7. The van der Waals surface area contributed by atoms with Gasteiger partial charge in [0.15, 0.2) is 0 Å². The Morgan fingerprint density at radius 2 is 2.25 bits per heavy atom. The largest absolute Gasteiger partial charge is 0.314 e. The summed E-state index contributed by atoms with van der Waals surface area (Å²) < 4.78 is 0. The van der Waals surface area contributed by atoms with Crippen LogP contribution in [0, 0.1) is 0 Å². The molecular weight excluding hydrogens is 204 g/mol. The van der Waals surface area contributed by atoms with E-state index in [-0.39, 0.29) is 11.6 Å². The van der Waals surface area contributed by atoms with Crippen molar-refractivity contribution in [2.75, 3.05) is 26.2 Å². The molecule has 5 heteroatoms. The first-order chi connectivity index (χ1) is 7.81. The Hall–Kier alpha value is -1.20. The molecule has 16 heavy (non-hydrogen) atoms. The maximum absolute atomic E-state index is 11.3. The summed E-state index contributed by atoms with van der Waals surface area (Å²) in [6.45, 7) is 6.16. The van der Waals surface area contributed by atoms with Crippen molar-refractivity contribution in [1.82, 2.24) is 20.2 Å². The summed E-state index contributed by atoms with van der Waals surface area (Å²) in [5.74, 6) is 0.789. The molecule has 1 fully saturated rings. The number of hydrogen-bond acceptors (Lipinski definition) is 4. The third-order valence-electron chi connectivity index (χ3n) is 2.99. The Labute approximate surface area is 94.9 Å². The number of aromatic nitrogens is 2. The number of nitrogens with zero attached hydrogens (tertiary/aromatic N) is 2. The highest BCUT2D eigenvalue weighted by molar-refractivity contribution is 4.97. The minimum Gasteiger partial charge on any atom is -0.314 e. The van der Waals surface area contributed by atoms with E-state index in [1.807, 2.05) is 0 Å². The zero-order chi connectivity index (χ0) is 11.4. The van der Waals surface area contributed by atoms with E-state index in [2.05, 4.69) is 27.1 Å². The normalized spacial score (nSPS) is 19.6. The van der Waals surface area contributed by atoms with Crippen LogP contribution in [0.5, 0.6) is 0 Å². The molecular formula is C11H18N4O. The van der Waals surface area contributed by atoms with E-state index >= 15 is 0 Å². The third kappa shape index (κ3) is 2.48. The van der Waals surface area contributed by atoms with Crippen molar-refractivity contribution < 1.29 is 0 Å². The Kier molecular flexibility index (Phi) is 3.69. The van der Waals surface area contributed by atoms with Crippen LogP contribution in [0.25, 0.3) is 0 Å². The first-order valence-corrected chi connectivity index (χ1v) is 5.81. The molecule has 5 nitrogen and oxygen atoms in total. The Morgan fingerprint density at radius 1 is 1.50 bits per heavy atom. The van der Waals surface area contributed by atoms with Gasteiger partial charge in [0.1, 0.15) is 5.82 Å². The fraction of sp³-hybridized carbons (Fsp3) is 0.636. The lowest BCUT2D eigenvalue weighted by Crippen LogP contribution is -2.45. The molecule has 1 atom stereocenters. The Morgan fingerprint density at radius 3 is 2.88 bits per heavy atom. The SMILES string of the molecule is CCC(c1nccc(=O)[nH]1)N1CCNCC1. The monoisotopic (exact) mass is 222 g/mol. The average Bonchev–Trinajstić information content (AvgIpc) is 2.31. The van der Waals surface area contributed by atoms with Crippen LogP contribution in [-0.4, -0.2) is 41.0 Å². The predicted octanol–water partition coefficient (Wildman–Crippen LogP) is 0.126. The molecule has 0 aliphatic carbocycles. The molecule has 0 radical (unpaired) electrons. The van der Waals surface area contributed by atoms with Gasteiger partial charge in [-0.25, -0.2) is 4.98 Å². The Balaban J connectivity index is 2.17. The molecule has 0 amide bonds. The van der Waals surface area contributed by atoms with Gasteiger partial charge in [0.25, 0.3) is 5.56 Å². The van der Waals surface area contributed by atoms with Crippen molar-refractivity contribution in [1.29, 1.82) is 0 Å². The lowest BCUT2D eigenvalue weighted by atomic mass is 10.1.